The molecule has 8 nitrogen and oxygen atoms in total. The highest BCUT2D eigenvalue weighted by Crippen LogP contribution is 2.42. The molecule has 2 heterocycles. The average molecular weight is 475 g/mol. The van der Waals surface area contributed by atoms with Crippen LogP contribution in [-0.4, -0.2) is 63.7 Å². The lowest BCUT2D eigenvalue weighted by atomic mass is 9.85. The van der Waals surface area contributed by atoms with Crippen LogP contribution in [0.15, 0.2) is 43.0 Å². The first kappa shape index (κ1) is 26.2. The fourth-order valence-electron chi connectivity index (χ4n) is 4.79. The highest BCUT2D eigenvalue weighted by atomic mass is 16.6. The van der Waals surface area contributed by atoms with Crippen LogP contribution in [0.2, 0.25) is 0 Å². The number of hydrogen-bond acceptors (Lipinski definition) is 7. The molecule has 0 aliphatic carbocycles. The van der Waals surface area contributed by atoms with Gasteiger partial charge < -0.3 is 19.3 Å². The Labute approximate surface area is 202 Å². The number of hydrogen-bond donors (Lipinski definition) is 2. The van der Waals surface area contributed by atoms with Gasteiger partial charge in [-0.2, -0.15) is 0 Å². The molecule has 0 spiro atoms. The summed E-state index contributed by atoms with van der Waals surface area (Å²) in [5, 5.41) is 14.9. The maximum absolute atomic E-state index is 13.8. The molecule has 0 saturated carbocycles. The van der Waals surface area contributed by atoms with Gasteiger partial charge in [0, 0.05) is 6.04 Å². The Hall–Kier alpha value is -2.42. The number of carbonyl (C=O) groups is 2. The molecule has 1 amide bonds. The second-order valence-corrected chi connectivity index (χ2v) is 10.6. The molecule has 188 valence electrons. The molecule has 0 unspecified atom stereocenters. The van der Waals surface area contributed by atoms with Gasteiger partial charge in [0.25, 0.3) is 0 Å². The summed E-state index contributed by atoms with van der Waals surface area (Å²) in [5.41, 5.74) is -2.27. The molecule has 0 radical (unpaired) electrons. The number of likely N-dealkylation sites (tertiary alicyclic amines) is 1. The summed E-state index contributed by atoms with van der Waals surface area (Å²) in [4.78, 5) is 28.7. The molecule has 2 aliphatic heterocycles. The summed E-state index contributed by atoms with van der Waals surface area (Å²) in [7, 11) is 0. The minimum absolute atomic E-state index is 0.0303. The average Bonchev–Trinajstić information content (AvgIpc) is 3.32. The Kier molecular flexibility index (Phi) is 7.75. The number of benzene rings is 1. The van der Waals surface area contributed by atoms with Crippen LogP contribution in [-0.2, 0) is 25.6 Å². The summed E-state index contributed by atoms with van der Waals surface area (Å²) < 4.78 is 17.2. The molecule has 2 aliphatic rings. The third-order valence-corrected chi connectivity index (χ3v) is 6.28. The lowest BCUT2D eigenvalue weighted by Gasteiger charge is -2.43. The molecule has 34 heavy (non-hydrogen) atoms. The Morgan fingerprint density at radius 3 is 2.56 bits per heavy atom. The third-order valence-electron chi connectivity index (χ3n) is 6.28. The van der Waals surface area contributed by atoms with Crippen LogP contribution < -0.4 is 5.32 Å². The summed E-state index contributed by atoms with van der Waals surface area (Å²) in [5.74, 6) is -0.659. The number of aliphatic hydroxyl groups excluding tert-OH is 1. The van der Waals surface area contributed by atoms with Crippen LogP contribution in [0.5, 0.6) is 0 Å². The monoisotopic (exact) mass is 474 g/mol. The maximum atomic E-state index is 13.8. The zero-order chi connectivity index (χ0) is 25.1. The van der Waals surface area contributed by atoms with E-state index in [1.807, 2.05) is 44.2 Å². The van der Waals surface area contributed by atoms with Gasteiger partial charge in [0.2, 0.25) is 0 Å². The van der Waals surface area contributed by atoms with E-state index >= 15 is 0 Å². The third kappa shape index (κ3) is 5.62. The lowest BCUT2D eigenvalue weighted by molar-refractivity contribution is -0.168. The van der Waals surface area contributed by atoms with Gasteiger partial charge in [-0.15, -0.1) is 6.58 Å². The molecule has 0 bridgehead atoms. The van der Waals surface area contributed by atoms with E-state index in [2.05, 4.69) is 11.9 Å². The summed E-state index contributed by atoms with van der Waals surface area (Å²) in [6.45, 7) is 13.0. The summed E-state index contributed by atoms with van der Waals surface area (Å²) in [6, 6.07) is 8.37. The van der Waals surface area contributed by atoms with Crippen LogP contribution in [0.25, 0.3) is 0 Å². The molecule has 1 aromatic rings. The van der Waals surface area contributed by atoms with Crippen LogP contribution >= 0.6 is 0 Å². The molecule has 2 fully saturated rings. The van der Waals surface area contributed by atoms with Crippen molar-refractivity contribution in [1.29, 1.82) is 0 Å². The van der Waals surface area contributed by atoms with Gasteiger partial charge >= 0.3 is 12.1 Å². The molecule has 1 aromatic carbocycles. The first-order chi connectivity index (χ1) is 15.9. The SMILES string of the molecule is C=CC[C@H]1CC[C@](C(=O)OCc2ccccc2)([C@H](O)[C@H]2COC(C)(C)N2)N1C(=O)OC(C)(C)C. The number of amides is 1. The molecule has 3 rings (SSSR count). The van der Waals surface area contributed by atoms with Crippen molar-refractivity contribution in [2.75, 3.05) is 6.61 Å². The molecule has 4 atom stereocenters. The number of esters is 1. The van der Waals surface area contributed by atoms with Crippen molar-refractivity contribution in [2.24, 2.45) is 0 Å². The number of carbonyl (C=O) groups excluding carboxylic acids is 2. The van der Waals surface area contributed by atoms with E-state index < -0.39 is 41.1 Å². The quantitative estimate of drug-likeness (QED) is 0.461. The topological polar surface area (TPSA) is 97.3 Å². The number of nitrogens with zero attached hydrogens (tertiary/aromatic N) is 1. The van der Waals surface area contributed by atoms with E-state index in [-0.39, 0.29) is 25.7 Å². The first-order valence-electron chi connectivity index (χ1n) is 11.8. The van der Waals surface area contributed by atoms with Gasteiger partial charge in [-0.1, -0.05) is 36.4 Å². The molecule has 2 N–H and O–H groups in total. The maximum Gasteiger partial charge on any atom is 0.411 e. The second-order valence-electron chi connectivity index (χ2n) is 10.6. The van der Waals surface area contributed by atoms with Gasteiger partial charge in [-0.05, 0) is 59.4 Å². The highest BCUT2D eigenvalue weighted by molar-refractivity contribution is 5.88. The molecular formula is C26H38N2O6. The van der Waals surface area contributed by atoms with Crippen molar-refractivity contribution in [1.82, 2.24) is 10.2 Å². The fourth-order valence-corrected chi connectivity index (χ4v) is 4.79. The first-order valence-corrected chi connectivity index (χ1v) is 11.8. The van der Waals surface area contributed by atoms with E-state index in [0.717, 1.165) is 5.56 Å². The van der Waals surface area contributed by atoms with Gasteiger partial charge in [-0.25, -0.2) is 9.59 Å². The summed E-state index contributed by atoms with van der Waals surface area (Å²) >= 11 is 0. The van der Waals surface area contributed by atoms with Crippen LogP contribution in [0, 0.1) is 0 Å². The zero-order valence-corrected chi connectivity index (χ0v) is 20.9. The van der Waals surface area contributed by atoms with Crippen molar-refractivity contribution >= 4 is 12.1 Å². The number of rotatable bonds is 7. The Morgan fingerprint density at radius 1 is 1.32 bits per heavy atom. The van der Waals surface area contributed by atoms with Crippen LogP contribution in [0.3, 0.4) is 0 Å². The number of ether oxygens (including phenoxy) is 3. The lowest BCUT2D eigenvalue weighted by Crippen LogP contribution is -2.67. The van der Waals surface area contributed by atoms with Crippen LogP contribution in [0.4, 0.5) is 4.79 Å². The molecule has 2 saturated heterocycles. The summed E-state index contributed by atoms with van der Waals surface area (Å²) in [6.07, 6.45) is 0.961. The van der Waals surface area contributed by atoms with E-state index in [9.17, 15) is 14.7 Å². The standard InChI is InChI=1S/C26H38N2O6/c1-7-11-19-14-15-26(28(19)23(31)34-24(2,3)4,21(29)20-17-33-25(5,6)27-20)22(30)32-16-18-12-9-8-10-13-18/h7-10,12-13,19-21,27,29H,1,11,14-17H2,2-6H3/t19-,20+,21+,26+/m0/s1. The van der Waals surface area contributed by atoms with Gasteiger partial charge in [0.05, 0.1) is 12.6 Å². The van der Waals surface area contributed by atoms with Gasteiger partial charge in [-0.3, -0.25) is 10.2 Å². The van der Waals surface area contributed by atoms with Crippen molar-refractivity contribution in [2.45, 2.75) is 95.5 Å². The molecule has 0 aromatic heterocycles. The largest absolute Gasteiger partial charge is 0.459 e. The molecular weight excluding hydrogens is 436 g/mol. The minimum atomic E-state index is -1.63. The number of aliphatic hydroxyl groups is 1. The van der Waals surface area contributed by atoms with Crippen molar-refractivity contribution in [3.05, 3.63) is 48.6 Å². The normalized spacial score (nSPS) is 27.3. The van der Waals surface area contributed by atoms with Gasteiger partial charge in [0.15, 0.2) is 5.54 Å². The van der Waals surface area contributed by atoms with E-state index in [4.69, 9.17) is 14.2 Å². The van der Waals surface area contributed by atoms with Crippen molar-refractivity contribution < 1.29 is 28.9 Å². The van der Waals surface area contributed by atoms with E-state index in [1.165, 1.54) is 4.90 Å². The van der Waals surface area contributed by atoms with Crippen molar-refractivity contribution in [3.63, 3.8) is 0 Å². The van der Waals surface area contributed by atoms with Crippen molar-refractivity contribution in [3.8, 4) is 0 Å². The smallest absolute Gasteiger partial charge is 0.411 e. The molecule has 8 heteroatoms. The minimum Gasteiger partial charge on any atom is -0.459 e. The Morgan fingerprint density at radius 2 is 2.00 bits per heavy atom. The van der Waals surface area contributed by atoms with E-state index in [1.54, 1.807) is 26.8 Å². The predicted molar refractivity (Wildman–Crippen MR) is 128 cm³/mol. The van der Waals surface area contributed by atoms with Gasteiger partial charge in [0.1, 0.15) is 24.0 Å². The Balaban J connectivity index is 1.99. The second kappa shape index (κ2) is 10.1. The van der Waals surface area contributed by atoms with E-state index in [0.29, 0.717) is 12.8 Å². The van der Waals surface area contributed by atoms with Crippen LogP contribution in [0.1, 0.15) is 59.4 Å². The zero-order valence-electron chi connectivity index (χ0n) is 20.9. The Bertz CT molecular complexity index is 881. The number of nitrogens with one attached hydrogen (secondary N) is 1. The predicted octanol–water partition coefficient (Wildman–Crippen LogP) is 3.53. The highest BCUT2D eigenvalue weighted by Gasteiger charge is 2.62. The fraction of sp³-hybridized carbons (Fsp3) is 0.615.